The van der Waals surface area contributed by atoms with Crippen LogP contribution in [0.1, 0.15) is 197 Å². The van der Waals surface area contributed by atoms with Crippen molar-refractivity contribution in [3.05, 3.63) is 71.4 Å². The number of hydrogen-bond acceptors (Lipinski definition) is 12. The molecule has 13 heteroatoms. The molecule has 8 unspecified atom stereocenters. The lowest BCUT2D eigenvalue weighted by Crippen LogP contribution is -2.48. The number of ketones is 1. The van der Waals surface area contributed by atoms with Gasteiger partial charge in [0.05, 0.1) is 42.0 Å². The van der Waals surface area contributed by atoms with Crippen LogP contribution >= 0.6 is 15.9 Å². The maximum atomic E-state index is 13.1. The van der Waals surface area contributed by atoms with Crippen LogP contribution in [0.25, 0.3) is 0 Å². The molecule has 1 saturated heterocycles. The van der Waals surface area contributed by atoms with Crippen LogP contribution in [0.15, 0.2) is 71.4 Å². The topological polar surface area (TPSA) is 200 Å². The molecule has 0 saturated carbocycles. The van der Waals surface area contributed by atoms with E-state index in [0.29, 0.717) is 43.3 Å². The number of rotatable bonds is 31. The molecule has 2 aliphatic rings. The van der Waals surface area contributed by atoms with Crippen LogP contribution in [0.3, 0.4) is 0 Å². The second kappa shape index (κ2) is 33.2. The van der Waals surface area contributed by atoms with Crippen molar-refractivity contribution >= 4 is 33.7 Å². The van der Waals surface area contributed by atoms with Crippen LogP contribution in [0.4, 0.5) is 0 Å². The van der Waals surface area contributed by atoms with E-state index in [-0.39, 0.29) is 48.8 Å². The number of Topliss-reactive ketones (excluding diaryl/α,β-unsaturated/α-hetero) is 1. The van der Waals surface area contributed by atoms with Gasteiger partial charge in [-0.1, -0.05) is 175 Å². The van der Waals surface area contributed by atoms with Crippen LogP contribution in [0.2, 0.25) is 0 Å². The SMILES string of the molecule is C=C1/C=C(/C)C[C@H]2CC(OC(=O)/C=C(C)/C=C/C[C@H](O)C1)[C@@](C)(C(O)/C=C(\C)CC(O)C(C)(C)C(O)CC(O)C(C)C(O)CC(CC(=C)C(=O)CBr)OC(=O)CCCCCCCCCCCCCCC)O2. The van der Waals surface area contributed by atoms with E-state index in [9.17, 15) is 45.0 Å². The monoisotopic (exact) mass is 1060 g/mol. The lowest BCUT2D eigenvalue weighted by Gasteiger charge is -2.38. The maximum absolute atomic E-state index is 13.1. The molecule has 71 heavy (non-hydrogen) atoms. The van der Waals surface area contributed by atoms with Gasteiger partial charge < -0.3 is 44.8 Å². The van der Waals surface area contributed by atoms with Crippen molar-refractivity contribution in [2.45, 2.75) is 257 Å². The summed E-state index contributed by atoms with van der Waals surface area (Å²) in [5.41, 5.74) is 0.717. The third-order valence-electron chi connectivity index (χ3n) is 14.6. The van der Waals surface area contributed by atoms with E-state index in [1.807, 2.05) is 13.0 Å². The molecule has 1 fully saturated rings. The molecular weight excluding hydrogens is 969 g/mol. The Hall–Kier alpha value is -2.75. The van der Waals surface area contributed by atoms with E-state index in [1.165, 1.54) is 63.9 Å². The first-order chi connectivity index (χ1) is 33.4. The van der Waals surface area contributed by atoms with Crippen LogP contribution in [-0.4, -0.2) is 114 Å². The molecule has 2 rings (SSSR count). The quantitative estimate of drug-likeness (QED) is 0.0126. The summed E-state index contributed by atoms with van der Waals surface area (Å²) in [6, 6.07) is 0. The Balaban J connectivity index is 2.04. The lowest BCUT2D eigenvalue weighted by atomic mass is 9.75. The smallest absolute Gasteiger partial charge is 0.331 e. The number of aliphatic hydroxyl groups excluding tert-OH is 6. The minimum atomic E-state index is -1.35. The van der Waals surface area contributed by atoms with Gasteiger partial charge in [-0.3, -0.25) is 9.59 Å². The van der Waals surface area contributed by atoms with Crippen molar-refractivity contribution in [1.82, 2.24) is 0 Å². The summed E-state index contributed by atoms with van der Waals surface area (Å²) in [6.45, 7) is 22.4. The molecule has 0 amide bonds. The number of allylic oxidation sites excluding steroid dienone is 3. The number of esters is 2. The first-order valence-electron chi connectivity index (χ1n) is 26.7. The van der Waals surface area contributed by atoms with E-state index in [0.717, 1.165) is 30.4 Å². The Morgan fingerprint density at radius 3 is 2.07 bits per heavy atom. The number of unbranched alkanes of at least 4 members (excludes halogenated alkanes) is 12. The van der Waals surface area contributed by atoms with E-state index < -0.39 is 83.8 Å². The minimum absolute atomic E-state index is 0.0323. The van der Waals surface area contributed by atoms with Gasteiger partial charge in [-0.2, -0.15) is 0 Å². The molecule has 0 aromatic carbocycles. The molecular formula is C58H95BrO12. The summed E-state index contributed by atoms with van der Waals surface area (Å²) in [4.78, 5) is 38.6. The summed E-state index contributed by atoms with van der Waals surface area (Å²) in [6.07, 6.45) is 16.8. The van der Waals surface area contributed by atoms with Gasteiger partial charge in [0.2, 0.25) is 0 Å². The predicted molar refractivity (Wildman–Crippen MR) is 287 cm³/mol. The molecule has 0 aromatic rings. The zero-order valence-corrected chi connectivity index (χ0v) is 46.4. The second-order valence-electron chi connectivity index (χ2n) is 21.8. The number of carbonyl (C=O) groups is 3. The van der Waals surface area contributed by atoms with Crippen LogP contribution in [0.5, 0.6) is 0 Å². The minimum Gasteiger partial charge on any atom is -0.462 e. The number of hydrogen-bond donors (Lipinski definition) is 6. The Morgan fingerprint density at radius 2 is 1.48 bits per heavy atom. The lowest BCUT2D eigenvalue weighted by molar-refractivity contribution is -0.163. The highest BCUT2D eigenvalue weighted by Gasteiger charge is 2.51. The Labute approximate surface area is 436 Å². The molecule has 0 aliphatic carbocycles. The van der Waals surface area contributed by atoms with Gasteiger partial charge in [0.1, 0.15) is 23.9 Å². The Morgan fingerprint density at radius 1 is 0.901 bits per heavy atom. The van der Waals surface area contributed by atoms with Crippen LogP contribution < -0.4 is 0 Å². The van der Waals surface area contributed by atoms with Gasteiger partial charge in [-0.15, -0.1) is 0 Å². The molecule has 2 heterocycles. The average molecular weight is 1060 g/mol. The highest BCUT2D eigenvalue weighted by atomic mass is 79.9. The van der Waals surface area contributed by atoms with Crippen LogP contribution in [-0.2, 0) is 28.6 Å². The zero-order chi connectivity index (χ0) is 53.3. The molecule has 11 atom stereocenters. The zero-order valence-electron chi connectivity index (χ0n) is 44.8. The van der Waals surface area contributed by atoms with E-state index >= 15 is 0 Å². The van der Waals surface area contributed by atoms with E-state index in [4.69, 9.17) is 14.2 Å². The van der Waals surface area contributed by atoms with Crippen molar-refractivity contribution in [3.8, 4) is 0 Å². The first-order valence-corrected chi connectivity index (χ1v) is 27.9. The van der Waals surface area contributed by atoms with Crippen molar-refractivity contribution < 1.29 is 59.2 Å². The summed E-state index contributed by atoms with van der Waals surface area (Å²) < 4.78 is 18.3. The number of fused-ring (bicyclic) bond motifs is 2. The molecule has 2 bridgehead atoms. The highest BCUT2D eigenvalue weighted by Crippen LogP contribution is 2.40. The fraction of sp³-hybridized carbons (Fsp3) is 0.741. The van der Waals surface area contributed by atoms with E-state index in [1.54, 1.807) is 59.8 Å². The van der Waals surface area contributed by atoms with Crippen molar-refractivity contribution in [3.63, 3.8) is 0 Å². The summed E-state index contributed by atoms with van der Waals surface area (Å²) in [5, 5.41) is 68.1. The average Bonchev–Trinajstić information content (AvgIpc) is 3.60. The largest absolute Gasteiger partial charge is 0.462 e. The van der Waals surface area contributed by atoms with Gasteiger partial charge in [-0.25, -0.2) is 4.79 Å². The number of ether oxygens (including phenoxy) is 3. The highest BCUT2D eigenvalue weighted by molar-refractivity contribution is 9.09. The summed E-state index contributed by atoms with van der Waals surface area (Å²) in [5.74, 6) is -2.02. The fourth-order valence-corrected chi connectivity index (χ4v) is 9.90. The molecule has 0 aromatic heterocycles. The van der Waals surface area contributed by atoms with Gasteiger partial charge in [-0.05, 0) is 70.9 Å². The van der Waals surface area contributed by atoms with Crippen molar-refractivity contribution in [2.75, 3.05) is 5.33 Å². The number of carbonyl (C=O) groups excluding carboxylic acids is 3. The maximum Gasteiger partial charge on any atom is 0.331 e. The standard InChI is InChI=1S/C58H95BrO12/c1-11-12-13-14-15-16-17-18-19-20-21-22-23-27-55(67)69-46(34-43(6)50(63)38-59)35-48(61)44(7)49(62)37-52(65)57(8,9)51(64)31-42(5)32-53(66)58(10)54-36-47(71-58)30-41(4)28-40(3)29-45(60)26-24-25-39(2)33-56(68)70-54/h24-25,28,32-33,44-49,51-54,60-62,64-66H,3,6,11-23,26-27,29-31,34-38H2,1-2,4-5,7-10H3/b25-24+,39-33+,41-28-,42-32+/t44?,45-,46?,47-,48?,49?,51?,52?,53?,54?,58+/m0/s1. The van der Waals surface area contributed by atoms with Crippen molar-refractivity contribution in [1.29, 1.82) is 0 Å². The van der Waals surface area contributed by atoms with Gasteiger partial charge >= 0.3 is 11.9 Å². The van der Waals surface area contributed by atoms with Gasteiger partial charge in [0.15, 0.2) is 5.78 Å². The third kappa shape index (κ3) is 24.0. The molecule has 2 aliphatic heterocycles. The molecule has 6 N–H and O–H groups in total. The summed E-state index contributed by atoms with van der Waals surface area (Å²) in [7, 11) is 0. The number of aliphatic hydroxyl groups is 6. The van der Waals surface area contributed by atoms with Crippen LogP contribution in [0, 0.1) is 11.3 Å². The molecule has 0 spiro atoms. The van der Waals surface area contributed by atoms with Gasteiger partial charge in [0, 0.05) is 49.5 Å². The van der Waals surface area contributed by atoms with Gasteiger partial charge in [0.25, 0.3) is 0 Å². The molecule has 0 radical (unpaired) electrons. The molecule has 12 nitrogen and oxygen atoms in total. The summed E-state index contributed by atoms with van der Waals surface area (Å²) >= 11 is 3.17. The second-order valence-corrected chi connectivity index (χ2v) is 22.3. The van der Waals surface area contributed by atoms with E-state index in [2.05, 4.69) is 36.0 Å². The fourth-order valence-electron chi connectivity index (χ4n) is 9.51. The third-order valence-corrected chi connectivity index (χ3v) is 15.2. The normalized spacial score (nSPS) is 25.6. The predicted octanol–water partition coefficient (Wildman–Crippen LogP) is 10.9. The Bertz CT molecular complexity index is 1780. The number of alkyl halides is 1. The number of halogens is 1. The van der Waals surface area contributed by atoms with Crippen molar-refractivity contribution in [2.24, 2.45) is 11.3 Å². The Kier molecular flexibility index (Phi) is 30.1. The molecule has 406 valence electrons. The first kappa shape index (κ1) is 64.4.